The van der Waals surface area contributed by atoms with Gasteiger partial charge in [-0.2, -0.15) is 0 Å². The van der Waals surface area contributed by atoms with Gasteiger partial charge in [0.15, 0.2) is 0 Å². The van der Waals surface area contributed by atoms with Crippen LogP contribution in [0.15, 0.2) is 60.7 Å². The third kappa shape index (κ3) is 1.31. The molecule has 4 rings (SSSR count). The van der Waals surface area contributed by atoms with Gasteiger partial charge in [0, 0.05) is 0 Å². The van der Waals surface area contributed by atoms with Crippen molar-refractivity contribution in [1.29, 1.82) is 0 Å². The Hall–Kier alpha value is -2.08. The third-order valence-corrected chi connectivity index (χ3v) is 3.54. The van der Waals surface area contributed by atoms with Gasteiger partial charge in [-0.15, -0.1) is 0 Å². The molecule has 0 fully saturated rings. The predicted octanol–water partition coefficient (Wildman–Crippen LogP) is 4.78. The standard InChI is InChI=1S/C17H12/c1-2-5-14-12(4-1)10-11-17-15(13-8-9-13)6-3-7-16(14)17/h1-8,10-11H,9H2. The number of benzene rings is 3. The van der Waals surface area contributed by atoms with Crippen LogP contribution in [-0.2, 0) is 0 Å². The minimum atomic E-state index is 1.16. The molecule has 3 aromatic rings. The van der Waals surface area contributed by atoms with Crippen LogP contribution in [0.1, 0.15) is 12.0 Å². The van der Waals surface area contributed by atoms with E-state index in [1.165, 1.54) is 32.7 Å². The van der Waals surface area contributed by atoms with Crippen molar-refractivity contribution in [3.8, 4) is 0 Å². The maximum atomic E-state index is 2.30. The lowest BCUT2D eigenvalue weighted by atomic mass is 9.97. The van der Waals surface area contributed by atoms with Crippen molar-refractivity contribution in [1.82, 2.24) is 0 Å². The lowest BCUT2D eigenvalue weighted by Crippen LogP contribution is -1.81. The lowest BCUT2D eigenvalue weighted by molar-refractivity contribution is 1.64. The molecule has 0 saturated heterocycles. The molecule has 0 unspecified atom stereocenters. The molecule has 1 aliphatic rings. The Morgan fingerprint density at radius 1 is 0.647 bits per heavy atom. The Morgan fingerprint density at radius 2 is 1.47 bits per heavy atom. The highest BCUT2D eigenvalue weighted by Gasteiger charge is 2.13. The summed E-state index contributed by atoms with van der Waals surface area (Å²) >= 11 is 0. The van der Waals surface area contributed by atoms with Crippen LogP contribution in [0.25, 0.3) is 27.1 Å². The predicted molar refractivity (Wildman–Crippen MR) is 74.0 cm³/mol. The molecule has 80 valence electrons. The Morgan fingerprint density at radius 3 is 2.35 bits per heavy atom. The van der Waals surface area contributed by atoms with E-state index in [1.54, 1.807) is 0 Å². The van der Waals surface area contributed by atoms with Crippen LogP contribution in [0.2, 0.25) is 0 Å². The van der Waals surface area contributed by atoms with E-state index in [0.717, 1.165) is 6.42 Å². The molecular weight excluding hydrogens is 204 g/mol. The zero-order valence-electron chi connectivity index (χ0n) is 9.48. The lowest BCUT2D eigenvalue weighted by Gasteiger charge is -2.07. The van der Waals surface area contributed by atoms with E-state index in [2.05, 4.69) is 60.7 Å². The first kappa shape index (κ1) is 9.00. The molecule has 1 aliphatic carbocycles. The van der Waals surface area contributed by atoms with E-state index < -0.39 is 0 Å². The first-order valence-corrected chi connectivity index (χ1v) is 6.03. The molecule has 0 amide bonds. The average Bonchev–Trinajstić information content (AvgIpc) is 3.22. The van der Waals surface area contributed by atoms with Crippen LogP contribution in [0.3, 0.4) is 0 Å². The summed E-state index contributed by atoms with van der Waals surface area (Å²) in [5, 5.41) is 5.43. The summed E-state index contributed by atoms with van der Waals surface area (Å²) in [6.45, 7) is 0. The smallest absolute Gasteiger partial charge is 0.00882 e. The minimum Gasteiger partial charge on any atom is -0.0760 e. The van der Waals surface area contributed by atoms with Gasteiger partial charge in [-0.1, -0.05) is 60.7 Å². The van der Waals surface area contributed by atoms with E-state index in [0.29, 0.717) is 0 Å². The number of fused-ring (bicyclic) bond motifs is 3. The highest BCUT2D eigenvalue weighted by molar-refractivity contribution is 6.11. The van der Waals surface area contributed by atoms with Crippen molar-refractivity contribution in [2.24, 2.45) is 0 Å². The maximum absolute atomic E-state index is 2.30. The van der Waals surface area contributed by atoms with Crippen LogP contribution in [0.5, 0.6) is 0 Å². The van der Waals surface area contributed by atoms with Crippen molar-refractivity contribution in [3.63, 3.8) is 0 Å². The van der Waals surface area contributed by atoms with Gasteiger partial charge >= 0.3 is 0 Å². The second-order valence-electron chi connectivity index (χ2n) is 4.62. The van der Waals surface area contributed by atoms with Crippen LogP contribution in [0.4, 0.5) is 0 Å². The number of hydrogen-bond acceptors (Lipinski definition) is 0. The summed E-state index contributed by atoms with van der Waals surface area (Å²) in [6.07, 6.45) is 3.45. The molecule has 0 radical (unpaired) electrons. The molecule has 0 saturated carbocycles. The first-order chi connectivity index (χ1) is 8.43. The SMILES string of the molecule is C1=C(c2cccc3c2ccc2ccccc23)C1. The van der Waals surface area contributed by atoms with Gasteiger partial charge in [0.25, 0.3) is 0 Å². The van der Waals surface area contributed by atoms with Gasteiger partial charge in [0.1, 0.15) is 0 Å². The van der Waals surface area contributed by atoms with E-state index in [4.69, 9.17) is 0 Å². The maximum Gasteiger partial charge on any atom is -0.00882 e. The van der Waals surface area contributed by atoms with Crippen molar-refractivity contribution in [3.05, 3.63) is 66.2 Å². The van der Waals surface area contributed by atoms with Crippen molar-refractivity contribution in [2.75, 3.05) is 0 Å². The molecule has 0 N–H and O–H groups in total. The number of allylic oxidation sites excluding steroid dienone is 2. The van der Waals surface area contributed by atoms with Gasteiger partial charge in [-0.25, -0.2) is 0 Å². The van der Waals surface area contributed by atoms with Crippen molar-refractivity contribution >= 4 is 27.1 Å². The van der Waals surface area contributed by atoms with E-state index in [9.17, 15) is 0 Å². The minimum absolute atomic E-state index is 1.16. The van der Waals surface area contributed by atoms with Gasteiger partial charge < -0.3 is 0 Å². The highest BCUT2D eigenvalue weighted by Crippen LogP contribution is 2.37. The summed E-state index contributed by atoms with van der Waals surface area (Å²) in [5.41, 5.74) is 2.90. The van der Waals surface area contributed by atoms with Gasteiger partial charge in [-0.3, -0.25) is 0 Å². The molecule has 0 nitrogen and oxygen atoms in total. The van der Waals surface area contributed by atoms with Crippen LogP contribution in [-0.4, -0.2) is 0 Å². The van der Waals surface area contributed by atoms with Crippen LogP contribution in [0, 0.1) is 0 Å². The summed E-state index contributed by atoms with van der Waals surface area (Å²) in [4.78, 5) is 0. The van der Waals surface area contributed by atoms with Crippen LogP contribution < -0.4 is 0 Å². The quantitative estimate of drug-likeness (QED) is 0.513. The van der Waals surface area contributed by atoms with E-state index in [-0.39, 0.29) is 0 Å². The van der Waals surface area contributed by atoms with Gasteiger partial charge in [0.05, 0.1) is 0 Å². The Kier molecular flexibility index (Phi) is 1.70. The molecule has 0 heterocycles. The molecule has 0 spiro atoms. The number of hydrogen-bond donors (Lipinski definition) is 0. The Balaban J connectivity index is 2.20. The Bertz CT molecular complexity index is 763. The van der Waals surface area contributed by atoms with Crippen molar-refractivity contribution in [2.45, 2.75) is 6.42 Å². The monoisotopic (exact) mass is 216 g/mol. The van der Waals surface area contributed by atoms with E-state index in [1.807, 2.05) is 0 Å². The fourth-order valence-corrected chi connectivity index (χ4v) is 2.59. The summed E-state index contributed by atoms with van der Waals surface area (Å²) in [5.74, 6) is 0. The second kappa shape index (κ2) is 3.21. The molecule has 0 aliphatic heterocycles. The molecule has 0 bridgehead atoms. The second-order valence-corrected chi connectivity index (χ2v) is 4.62. The molecule has 0 heteroatoms. The van der Waals surface area contributed by atoms with E-state index >= 15 is 0 Å². The van der Waals surface area contributed by atoms with Crippen molar-refractivity contribution < 1.29 is 0 Å². The zero-order valence-corrected chi connectivity index (χ0v) is 9.48. The summed E-state index contributed by atoms with van der Waals surface area (Å²) < 4.78 is 0. The summed E-state index contributed by atoms with van der Waals surface area (Å²) in [7, 11) is 0. The van der Waals surface area contributed by atoms with Gasteiger partial charge in [-0.05, 0) is 39.1 Å². The first-order valence-electron chi connectivity index (χ1n) is 6.03. The molecule has 0 aromatic heterocycles. The molecular formula is C17H12. The average molecular weight is 216 g/mol. The fraction of sp³-hybridized carbons (Fsp3) is 0.0588. The molecule has 0 atom stereocenters. The molecule has 17 heavy (non-hydrogen) atoms. The normalized spacial score (nSPS) is 14.0. The Labute approximate surface area is 100 Å². The topological polar surface area (TPSA) is 0 Å². The van der Waals surface area contributed by atoms with Crippen LogP contribution >= 0.6 is 0 Å². The largest absolute Gasteiger partial charge is 0.0760 e. The fourth-order valence-electron chi connectivity index (χ4n) is 2.59. The summed E-state index contributed by atoms with van der Waals surface area (Å²) in [6, 6.07) is 19.7. The third-order valence-electron chi connectivity index (χ3n) is 3.54. The molecule has 3 aromatic carbocycles. The zero-order chi connectivity index (χ0) is 11.2. The van der Waals surface area contributed by atoms with Gasteiger partial charge in [0.2, 0.25) is 0 Å². The number of rotatable bonds is 1. The highest BCUT2D eigenvalue weighted by atomic mass is 14.2.